The zero-order valence-electron chi connectivity index (χ0n) is 39.3. The van der Waals surface area contributed by atoms with Gasteiger partial charge in [0.05, 0.1) is 22.1 Å². The highest BCUT2D eigenvalue weighted by molar-refractivity contribution is 6.17. The lowest BCUT2D eigenvalue weighted by Gasteiger charge is -2.38. The van der Waals surface area contributed by atoms with E-state index in [-0.39, 0.29) is 10.8 Å². The van der Waals surface area contributed by atoms with Crippen molar-refractivity contribution in [3.63, 3.8) is 0 Å². The van der Waals surface area contributed by atoms with Crippen molar-refractivity contribution in [3.8, 4) is 39.1 Å². The van der Waals surface area contributed by atoms with Crippen LogP contribution in [0.5, 0.6) is 0 Å². The number of nitrogens with zero attached hydrogens (tertiary/aromatic N) is 2. The zero-order chi connectivity index (χ0) is 46.2. The number of rotatable bonds is 6. The van der Waals surface area contributed by atoms with Gasteiger partial charge < -0.3 is 9.47 Å². The molecule has 2 heteroatoms. The quantitative estimate of drug-likeness (QED) is 0.162. The first-order chi connectivity index (χ1) is 33.8. The van der Waals surface area contributed by atoms with Crippen LogP contribution in [0.3, 0.4) is 0 Å². The summed E-state index contributed by atoms with van der Waals surface area (Å²) in [6.07, 6.45) is 0. The van der Waals surface area contributed by atoms with Gasteiger partial charge in [0, 0.05) is 38.7 Å². The minimum absolute atomic E-state index is 0.190. The van der Waals surface area contributed by atoms with Crippen LogP contribution in [0.2, 0.25) is 0 Å². The lowest BCUT2D eigenvalue weighted by molar-refractivity contribution is 0.658. The molecule has 11 aromatic rings. The molecule has 0 radical (unpaired) electrons. The number of para-hydroxylation sites is 2. The van der Waals surface area contributed by atoms with Crippen LogP contribution < -0.4 is 4.90 Å². The van der Waals surface area contributed by atoms with Crippen LogP contribution in [0.15, 0.2) is 231 Å². The van der Waals surface area contributed by atoms with E-state index in [2.05, 4.69) is 268 Å². The van der Waals surface area contributed by atoms with Crippen LogP contribution in [0.1, 0.15) is 72.2 Å². The largest absolute Gasteiger partial charge is 0.310 e. The van der Waals surface area contributed by atoms with Crippen molar-refractivity contribution >= 4 is 38.9 Å². The van der Waals surface area contributed by atoms with E-state index in [0.717, 1.165) is 22.7 Å². The highest BCUT2D eigenvalue weighted by atomic mass is 15.1. The molecule has 3 aliphatic carbocycles. The number of anilines is 3. The molecule has 3 aliphatic rings. The molecule has 10 aromatic carbocycles. The van der Waals surface area contributed by atoms with Gasteiger partial charge in [0.1, 0.15) is 0 Å². The molecule has 0 fully saturated rings. The predicted octanol–water partition coefficient (Wildman–Crippen LogP) is 17.2. The lowest BCUT2D eigenvalue weighted by Crippen LogP contribution is -2.30. The predicted molar refractivity (Wildman–Crippen MR) is 288 cm³/mol. The van der Waals surface area contributed by atoms with E-state index in [1.807, 2.05) is 0 Å². The van der Waals surface area contributed by atoms with Gasteiger partial charge in [-0.25, -0.2) is 0 Å². The third kappa shape index (κ3) is 5.32. The highest BCUT2D eigenvalue weighted by Gasteiger charge is 2.50. The third-order valence-corrected chi connectivity index (χ3v) is 16.2. The molecule has 0 amide bonds. The van der Waals surface area contributed by atoms with Crippen molar-refractivity contribution in [2.24, 2.45) is 0 Å². The minimum Gasteiger partial charge on any atom is -0.310 e. The van der Waals surface area contributed by atoms with Crippen molar-refractivity contribution in [1.29, 1.82) is 0 Å². The molecule has 0 N–H and O–H groups in total. The Morgan fingerprint density at radius 1 is 0.348 bits per heavy atom. The number of hydrogen-bond donors (Lipinski definition) is 0. The normalized spacial score (nSPS) is 15.0. The summed E-state index contributed by atoms with van der Waals surface area (Å²) in [5.41, 5.74) is 24.3. The molecule has 328 valence electrons. The summed E-state index contributed by atoms with van der Waals surface area (Å²) in [7, 11) is 0. The summed E-state index contributed by atoms with van der Waals surface area (Å²) in [6, 6.07) is 87.0. The van der Waals surface area contributed by atoms with Gasteiger partial charge in [0.15, 0.2) is 0 Å². The van der Waals surface area contributed by atoms with Crippen molar-refractivity contribution in [3.05, 3.63) is 275 Å². The third-order valence-electron chi connectivity index (χ3n) is 16.2. The molecule has 0 aliphatic heterocycles. The summed E-state index contributed by atoms with van der Waals surface area (Å²) in [5, 5.41) is 2.44. The maximum absolute atomic E-state index is 2.61. The average molecular weight is 883 g/mol. The standard InChI is InChI=1S/C67H50N2/c1-65(2)53-31-16-11-26-47(53)50-39-38-45(40-57(50)65)68(61-36-21-37-62-64(61)52-30-15-20-35-60(52)69(62)44-24-9-6-10-25-44)46-41-58-63(51-29-14-17-32-54(51)66(58,3)4)59(42-46)67(43-22-7-5-8-23-43)55-33-18-12-27-48(55)49-28-13-19-34-56(49)67/h5-42H,1-4H3. The van der Waals surface area contributed by atoms with Crippen molar-refractivity contribution in [2.45, 2.75) is 43.9 Å². The molecule has 0 bridgehead atoms. The Bertz CT molecular complexity index is 3860. The maximum Gasteiger partial charge on any atom is 0.0720 e. The Labute approximate surface area is 404 Å². The summed E-state index contributed by atoms with van der Waals surface area (Å²) in [6.45, 7) is 9.66. The molecular formula is C67H50N2. The van der Waals surface area contributed by atoms with Gasteiger partial charge in [-0.05, 0) is 132 Å². The van der Waals surface area contributed by atoms with E-state index >= 15 is 0 Å². The van der Waals surface area contributed by atoms with Gasteiger partial charge >= 0.3 is 0 Å². The van der Waals surface area contributed by atoms with Gasteiger partial charge in [-0.15, -0.1) is 0 Å². The average Bonchev–Trinajstić information content (AvgIpc) is 4.05. The Morgan fingerprint density at radius 2 is 0.841 bits per heavy atom. The Kier molecular flexibility index (Phi) is 8.33. The zero-order valence-corrected chi connectivity index (χ0v) is 39.3. The number of aromatic nitrogens is 1. The first-order valence-corrected chi connectivity index (χ1v) is 24.4. The van der Waals surface area contributed by atoms with E-state index in [4.69, 9.17) is 0 Å². The minimum atomic E-state index is -0.634. The van der Waals surface area contributed by atoms with Crippen molar-refractivity contribution < 1.29 is 0 Å². The van der Waals surface area contributed by atoms with Crippen LogP contribution in [-0.2, 0) is 16.2 Å². The maximum atomic E-state index is 2.61. The van der Waals surface area contributed by atoms with Crippen LogP contribution in [-0.4, -0.2) is 4.57 Å². The molecule has 1 aromatic heterocycles. The number of fused-ring (bicyclic) bond motifs is 12. The fourth-order valence-corrected chi connectivity index (χ4v) is 13.2. The Hall–Kier alpha value is -8.20. The first kappa shape index (κ1) is 39.9. The van der Waals surface area contributed by atoms with Crippen LogP contribution >= 0.6 is 0 Å². The second-order valence-corrected chi connectivity index (χ2v) is 20.4. The summed E-state index contributed by atoms with van der Waals surface area (Å²) in [5.74, 6) is 0. The monoisotopic (exact) mass is 882 g/mol. The molecule has 0 atom stereocenters. The molecule has 69 heavy (non-hydrogen) atoms. The summed E-state index contributed by atoms with van der Waals surface area (Å²) >= 11 is 0. The fourth-order valence-electron chi connectivity index (χ4n) is 13.2. The molecule has 0 saturated heterocycles. The highest BCUT2D eigenvalue weighted by Crippen LogP contribution is 2.63. The van der Waals surface area contributed by atoms with E-state index in [0.29, 0.717) is 0 Å². The topological polar surface area (TPSA) is 8.17 Å². The molecule has 14 rings (SSSR count). The molecular weight excluding hydrogens is 833 g/mol. The molecule has 0 saturated carbocycles. The van der Waals surface area contributed by atoms with Gasteiger partial charge in [-0.1, -0.05) is 204 Å². The van der Waals surface area contributed by atoms with E-state index in [1.165, 1.54) is 99.7 Å². The first-order valence-electron chi connectivity index (χ1n) is 24.4. The van der Waals surface area contributed by atoms with Gasteiger partial charge in [-0.3, -0.25) is 0 Å². The number of benzene rings is 10. The Morgan fingerprint density at radius 3 is 1.54 bits per heavy atom. The van der Waals surface area contributed by atoms with Gasteiger partial charge in [0.2, 0.25) is 0 Å². The van der Waals surface area contributed by atoms with Gasteiger partial charge in [0.25, 0.3) is 0 Å². The molecule has 2 nitrogen and oxygen atoms in total. The van der Waals surface area contributed by atoms with Crippen LogP contribution in [0.25, 0.3) is 60.9 Å². The molecule has 0 spiro atoms. The van der Waals surface area contributed by atoms with E-state index in [1.54, 1.807) is 0 Å². The molecule has 0 unspecified atom stereocenters. The molecule has 1 heterocycles. The van der Waals surface area contributed by atoms with Crippen molar-refractivity contribution in [2.75, 3.05) is 4.90 Å². The fraction of sp³-hybridized carbons (Fsp3) is 0.104. The van der Waals surface area contributed by atoms with Crippen LogP contribution in [0.4, 0.5) is 17.1 Å². The second kappa shape index (κ2) is 14.4. The van der Waals surface area contributed by atoms with E-state index in [9.17, 15) is 0 Å². The Balaban J connectivity index is 1.15. The summed E-state index contributed by atoms with van der Waals surface area (Å²) in [4.78, 5) is 2.61. The summed E-state index contributed by atoms with van der Waals surface area (Å²) < 4.78 is 2.44. The van der Waals surface area contributed by atoms with E-state index < -0.39 is 5.41 Å². The van der Waals surface area contributed by atoms with Crippen molar-refractivity contribution in [1.82, 2.24) is 4.57 Å². The lowest BCUT2D eigenvalue weighted by atomic mass is 9.65. The smallest absolute Gasteiger partial charge is 0.0720 e. The number of hydrogen-bond acceptors (Lipinski definition) is 1. The van der Waals surface area contributed by atoms with Crippen LogP contribution in [0, 0.1) is 0 Å². The SMILES string of the molecule is CC1(C)c2ccccc2-c2ccc(N(c3cc4c(c(C5(c6ccccc6)c6ccccc6-c6ccccc65)c3)-c3ccccc3C4(C)C)c3cccc4c3c3ccccc3n4-c3ccccc3)cc21. The van der Waals surface area contributed by atoms with Gasteiger partial charge in [-0.2, -0.15) is 0 Å². The second-order valence-electron chi connectivity index (χ2n) is 20.4.